The first-order chi connectivity index (χ1) is 13.3. The van der Waals surface area contributed by atoms with Crippen molar-refractivity contribution in [2.24, 2.45) is 11.8 Å². The van der Waals surface area contributed by atoms with Crippen LogP contribution in [0.5, 0.6) is 0 Å². The maximum atomic E-state index is 12.6. The molecule has 1 fully saturated rings. The molecule has 0 unspecified atom stereocenters. The smallest absolute Gasteiger partial charge is 0.270 e. The van der Waals surface area contributed by atoms with Gasteiger partial charge in [-0.15, -0.1) is 0 Å². The molecule has 1 saturated carbocycles. The molecule has 1 aliphatic rings. The van der Waals surface area contributed by atoms with Crippen LogP contribution in [0, 0.1) is 11.8 Å². The van der Waals surface area contributed by atoms with Crippen molar-refractivity contribution in [2.75, 3.05) is 26.5 Å². The van der Waals surface area contributed by atoms with Gasteiger partial charge in [0.25, 0.3) is 10.1 Å². The number of rotatable bonds is 8. The van der Waals surface area contributed by atoms with Gasteiger partial charge in [0.15, 0.2) is 0 Å². The van der Waals surface area contributed by atoms with Gasteiger partial charge in [-0.05, 0) is 55.4 Å². The van der Waals surface area contributed by atoms with E-state index in [1.807, 2.05) is 0 Å². The lowest BCUT2D eigenvalue weighted by Crippen LogP contribution is -2.30. The van der Waals surface area contributed by atoms with Crippen LogP contribution >= 0.6 is 0 Å². The van der Waals surface area contributed by atoms with E-state index in [0.717, 1.165) is 60.5 Å². The number of alkyl halides is 3. The molecule has 2 rings (SSSR count). The summed E-state index contributed by atoms with van der Waals surface area (Å²) in [6, 6.07) is 3.48. The lowest BCUT2D eigenvalue weighted by atomic mass is 9.81. The summed E-state index contributed by atoms with van der Waals surface area (Å²) >= 11 is 0. The molecule has 11 heteroatoms. The van der Waals surface area contributed by atoms with Crippen molar-refractivity contribution >= 4 is 20.1 Å². The number of nitrogens with zero attached hydrogens (tertiary/aromatic N) is 1. The summed E-state index contributed by atoms with van der Waals surface area (Å²) in [6.07, 6.45) is 0.476. The molecule has 1 aromatic carbocycles. The molecule has 0 heterocycles. The minimum atomic E-state index is -4.51. The van der Waals surface area contributed by atoms with Crippen molar-refractivity contribution in [2.45, 2.75) is 43.2 Å². The zero-order valence-electron chi connectivity index (χ0n) is 16.4. The molecule has 0 spiro atoms. The van der Waals surface area contributed by atoms with Crippen LogP contribution in [-0.4, -0.2) is 47.6 Å². The van der Waals surface area contributed by atoms with Gasteiger partial charge in [0.2, 0.25) is 10.0 Å². The molecule has 166 valence electrons. The quantitative estimate of drug-likeness (QED) is 0.558. The largest absolute Gasteiger partial charge is 0.416 e. The molecule has 6 nitrogen and oxygen atoms in total. The van der Waals surface area contributed by atoms with E-state index in [1.165, 1.54) is 7.05 Å². The highest BCUT2D eigenvalue weighted by molar-refractivity contribution is 7.89. The number of hydrogen-bond donors (Lipinski definition) is 0. The summed E-state index contributed by atoms with van der Waals surface area (Å²) in [7, 11) is -5.89. The summed E-state index contributed by atoms with van der Waals surface area (Å²) in [5.41, 5.74) is -0.893. The van der Waals surface area contributed by atoms with E-state index in [4.69, 9.17) is 4.18 Å². The number of sulfonamides is 1. The Balaban J connectivity index is 1.85. The SMILES string of the molecule is CN(CC[C@H]1CC[C@H](COS(C)(=O)=O)CC1)S(=O)(=O)c1ccc(C(F)(F)F)cc1. The molecular weight excluding hydrogens is 431 g/mol. The molecule has 0 aliphatic heterocycles. The molecule has 0 aromatic heterocycles. The fourth-order valence-electron chi connectivity index (χ4n) is 3.39. The van der Waals surface area contributed by atoms with E-state index in [2.05, 4.69) is 0 Å². The highest BCUT2D eigenvalue weighted by atomic mass is 32.2. The van der Waals surface area contributed by atoms with Gasteiger partial charge in [0, 0.05) is 13.6 Å². The Labute approximate surface area is 170 Å². The molecule has 0 radical (unpaired) electrons. The highest BCUT2D eigenvalue weighted by Crippen LogP contribution is 2.32. The fraction of sp³-hybridized carbons (Fsp3) is 0.667. The van der Waals surface area contributed by atoms with Crippen molar-refractivity contribution in [1.82, 2.24) is 4.31 Å². The maximum absolute atomic E-state index is 12.6. The first kappa shape index (κ1) is 24.1. The molecule has 0 amide bonds. The van der Waals surface area contributed by atoms with Gasteiger partial charge in [0.05, 0.1) is 23.3 Å². The van der Waals surface area contributed by atoms with Crippen molar-refractivity contribution in [3.05, 3.63) is 29.8 Å². The van der Waals surface area contributed by atoms with Crippen LogP contribution in [0.25, 0.3) is 0 Å². The second-order valence-corrected chi connectivity index (χ2v) is 11.2. The number of benzene rings is 1. The predicted octanol–water partition coefficient (Wildman–Crippen LogP) is 3.50. The molecule has 0 bridgehead atoms. The Morgan fingerprint density at radius 1 is 1.00 bits per heavy atom. The summed E-state index contributed by atoms with van der Waals surface area (Å²) in [4.78, 5) is -0.172. The minimum absolute atomic E-state index is 0.172. The highest BCUT2D eigenvalue weighted by Gasteiger charge is 2.31. The van der Waals surface area contributed by atoms with Crippen LogP contribution in [-0.2, 0) is 30.5 Å². The Morgan fingerprint density at radius 2 is 1.52 bits per heavy atom. The number of halogens is 3. The third kappa shape index (κ3) is 7.23. The molecular formula is C18H26F3NO5S2. The average Bonchev–Trinajstić information content (AvgIpc) is 2.64. The van der Waals surface area contributed by atoms with Crippen LogP contribution in [0.3, 0.4) is 0 Å². The van der Waals surface area contributed by atoms with Gasteiger partial charge in [-0.2, -0.15) is 21.6 Å². The molecule has 0 saturated heterocycles. The standard InChI is InChI=1S/C18H26F3NO5S2/c1-22(29(25,26)17-9-7-16(8-10-17)18(19,20)21)12-11-14-3-5-15(6-4-14)13-27-28(2,23)24/h7-10,14-15H,3-6,11-13H2,1-2H3/t14-,15-. The van der Waals surface area contributed by atoms with E-state index in [-0.39, 0.29) is 24.0 Å². The van der Waals surface area contributed by atoms with Crippen molar-refractivity contribution in [1.29, 1.82) is 0 Å². The van der Waals surface area contributed by atoms with Crippen LogP contribution < -0.4 is 0 Å². The Hall–Kier alpha value is -1.17. The van der Waals surface area contributed by atoms with Crippen molar-refractivity contribution in [3.8, 4) is 0 Å². The van der Waals surface area contributed by atoms with Crippen molar-refractivity contribution in [3.63, 3.8) is 0 Å². The first-order valence-corrected chi connectivity index (χ1v) is 12.5. The van der Waals surface area contributed by atoms with E-state index >= 15 is 0 Å². The third-order valence-corrected chi connectivity index (χ3v) is 7.66. The van der Waals surface area contributed by atoms with Gasteiger partial charge in [-0.3, -0.25) is 4.18 Å². The Bertz CT molecular complexity index is 875. The zero-order chi connectivity index (χ0) is 21.9. The monoisotopic (exact) mass is 457 g/mol. The average molecular weight is 458 g/mol. The normalized spacial score (nSPS) is 21.4. The second kappa shape index (κ2) is 9.32. The van der Waals surface area contributed by atoms with Crippen molar-refractivity contribution < 1.29 is 34.2 Å². The molecule has 1 aliphatic carbocycles. The summed E-state index contributed by atoms with van der Waals surface area (Å²) < 4.78 is 91.2. The van der Waals surface area contributed by atoms with Crippen LogP contribution in [0.4, 0.5) is 13.2 Å². The minimum Gasteiger partial charge on any atom is -0.270 e. The lowest BCUT2D eigenvalue weighted by molar-refractivity contribution is -0.137. The summed E-state index contributed by atoms with van der Waals surface area (Å²) in [6.45, 7) is 0.437. The van der Waals surface area contributed by atoms with Crippen LogP contribution in [0.1, 0.15) is 37.7 Å². The Morgan fingerprint density at radius 3 is 2.00 bits per heavy atom. The van der Waals surface area contributed by atoms with E-state index < -0.39 is 31.9 Å². The zero-order valence-corrected chi connectivity index (χ0v) is 18.0. The van der Waals surface area contributed by atoms with Crippen LogP contribution in [0.2, 0.25) is 0 Å². The maximum Gasteiger partial charge on any atom is 0.416 e. The lowest BCUT2D eigenvalue weighted by Gasteiger charge is -2.29. The topological polar surface area (TPSA) is 80.8 Å². The summed E-state index contributed by atoms with van der Waals surface area (Å²) in [5.74, 6) is 0.490. The van der Waals surface area contributed by atoms with E-state index in [9.17, 15) is 30.0 Å². The van der Waals surface area contributed by atoms with E-state index in [1.54, 1.807) is 0 Å². The molecule has 0 atom stereocenters. The fourth-order valence-corrected chi connectivity index (χ4v) is 5.01. The molecule has 1 aromatic rings. The third-order valence-electron chi connectivity index (χ3n) is 5.23. The molecule has 29 heavy (non-hydrogen) atoms. The first-order valence-electron chi connectivity index (χ1n) is 9.27. The van der Waals surface area contributed by atoms with Gasteiger partial charge in [0.1, 0.15) is 0 Å². The number of hydrogen-bond acceptors (Lipinski definition) is 5. The van der Waals surface area contributed by atoms with Gasteiger partial charge >= 0.3 is 6.18 Å². The Kier molecular flexibility index (Phi) is 7.74. The van der Waals surface area contributed by atoms with Crippen LogP contribution in [0.15, 0.2) is 29.2 Å². The van der Waals surface area contributed by atoms with Gasteiger partial charge in [-0.1, -0.05) is 12.8 Å². The second-order valence-electron chi connectivity index (χ2n) is 7.51. The summed E-state index contributed by atoms with van der Waals surface area (Å²) in [5, 5.41) is 0. The molecule has 0 N–H and O–H groups in total. The predicted molar refractivity (Wildman–Crippen MR) is 102 cm³/mol. The van der Waals surface area contributed by atoms with Gasteiger partial charge < -0.3 is 0 Å². The van der Waals surface area contributed by atoms with Gasteiger partial charge in [-0.25, -0.2) is 12.7 Å². The van der Waals surface area contributed by atoms with E-state index in [0.29, 0.717) is 12.3 Å².